The molecule has 0 spiro atoms. The van der Waals surface area contributed by atoms with Crippen molar-refractivity contribution < 1.29 is 5.11 Å². The quantitative estimate of drug-likeness (QED) is 0.568. The van der Waals surface area contributed by atoms with Crippen LogP contribution in [0.5, 0.6) is 0 Å². The summed E-state index contributed by atoms with van der Waals surface area (Å²) in [5, 5.41) is 9.58. The molecule has 0 aromatic rings. The smallest absolute Gasteiger partial charge is 0.0639 e. The average Bonchev–Trinajstić information content (AvgIpc) is 2.26. The van der Waals surface area contributed by atoms with E-state index in [1.807, 2.05) is 0 Å². The van der Waals surface area contributed by atoms with E-state index >= 15 is 0 Å². The highest BCUT2D eigenvalue weighted by molar-refractivity contribution is 6.76. The third kappa shape index (κ3) is 5.11. The summed E-state index contributed by atoms with van der Waals surface area (Å²) in [6, 6.07) is 1.13. The molecule has 0 aromatic carbocycles. The van der Waals surface area contributed by atoms with Gasteiger partial charge in [-0.2, -0.15) is 0 Å². The molecule has 0 aromatic heterocycles. The van der Waals surface area contributed by atoms with Crippen molar-refractivity contribution in [3.8, 4) is 0 Å². The fourth-order valence-corrected chi connectivity index (χ4v) is 4.71. The summed E-state index contributed by atoms with van der Waals surface area (Å²) in [7, 11) is -1.13. The van der Waals surface area contributed by atoms with Gasteiger partial charge in [0.2, 0.25) is 0 Å². The topological polar surface area (TPSA) is 20.2 Å². The largest absolute Gasteiger partial charge is 0.392 e. The molecule has 2 heteroatoms. The van der Waals surface area contributed by atoms with E-state index in [0.717, 1.165) is 6.04 Å². The summed E-state index contributed by atoms with van der Waals surface area (Å²) >= 11 is 0. The van der Waals surface area contributed by atoms with E-state index in [4.69, 9.17) is 0 Å². The lowest BCUT2D eigenvalue weighted by atomic mass is 9.75. The third-order valence-electron chi connectivity index (χ3n) is 3.86. The van der Waals surface area contributed by atoms with Gasteiger partial charge < -0.3 is 5.11 Å². The molecule has 1 aliphatic rings. The molecule has 1 aliphatic carbocycles. The minimum Gasteiger partial charge on any atom is -0.392 e. The second kappa shape index (κ2) is 6.72. The Hall–Kier alpha value is -0.343. The first-order chi connectivity index (χ1) is 8.33. The lowest BCUT2D eigenvalue weighted by Gasteiger charge is -2.31. The van der Waals surface area contributed by atoms with Crippen molar-refractivity contribution in [2.45, 2.75) is 58.3 Å². The second-order valence-corrected chi connectivity index (χ2v) is 12.6. The van der Waals surface area contributed by atoms with E-state index in [1.54, 1.807) is 0 Å². The molecular weight excluding hydrogens is 236 g/mol. The molecule has 1 saturated carbocycles. The first kappa shape index (κ1) is 15.7. The zero-order chi connectivity index (χ0) is 13.8. The van der Waals surface area contributed by atoms with Crippen LogP contribution in [0.2, 0.25) is 25.7 Å². The lowest BCUT2D eigenvalue weighted by molar-refractivity contribution is 0.309. The molecule has 0 saturated heterocycles. The minimum atomic E-state index is -1.13. The summed E-state index contributed by atoms with van der Waals surface area (Å²) in [4.78, 5) is 0. The normalized spacial score (nSPS) is 26.2. The molecule has 1 rings (SSSR count). The van der Waals surface area contributed by atoms with Crippen molar-refractivity contribution in [1.29, 1.82) is 0 Å². The van der Waals surface area contributed by atoms with E-state index in [2.05, 4.69) is 39.2 Å². The Morgan fingerprint density at radius 3 is 2.39 bits per heavy atom. The van der Waals surface area contributed by atoms with Crippen LogP contribution >= 0.6 is 0 Å². The van der Waals surface area contributed by atoms with Crippen LogP contribution in [0.1, 0.15) is 32.6 Å². The van der Waals surface area contributed by atoms with Gasteiger partial charge in [0.1, 0.15) is 0 Å². The summed E-state index contributed by atoms with van der Waals surface area (Å²) in [6.07, 6.45) is 7.60. The number of hydrogen-bond acceptors (Lipinski definition) is 1. The van der Waals surface area contributed by atoms with E-state index < -0.39 is 8.07 Å². The molecule has 0 amide bonds. The molecular formula is C16H30OSi. The minimum absolute atomic E-state index is 0.240. The standard InChI is InChI=1S/C16H30OSi/c1-13(2)16-9-7-6-8-15(16)10-14(11-17)12-18(3,4)5/h10,15-17H,1,6-9,11-12H2,2-5H3/b14-10+/t15-,16-/m0/s1. The van der Waals surface area contributed by atoms with Crippen molar-refractivity contribution in [3.63, 3.8) is 0 Å². The second-order valence-electron chi connectivity index (χ2n) is 7.12. The van der Waals surface area contributed by atoms with E-state index in [0.29, 0.717) is 11.8 Å². The molecule has 1 nitrogen and oxygen atoms in total. The van der Waals surface area contributed by atoms with E-state index in [1.165, 1.54) is 36.8 Å². The molecule has 2 atom stereocenters. The Morgan fingerprint density at radius 1 is 1.28 bits per heavy atom. The lowest BCUT2D eigenvalue weighted by Crippen LogP contribution is -2.23. The molecule has 0 unspecified atom stereocenters. The maximum absolute atomic E-state index is 9.58. The van der Waals surface area contributed by atoms with Gasteiger partial charge in [-0.15, -0.1) is 0 Å². The van der Waals surface area contributed by atoms with E-state index in [-0.39, 0.29) is 6.61 Å². The van der Waals surface area contributed by atoms with Gasteiger partial charge in [-0.05, 0) is 37.6 Å². The van der Waals surface area contributed by atoms with Crippen LogP contribution in [0.25, 0.3) is 0 Å². The highest BCUT2D eigenvalue weighted by Gasteiger charge is 2.25. The summed E-state index contributed by atoms with van der Waals surface area (Å²) < 4.78 is 0. The summed E-state index contributed by atoms with van der Waals surface area (Å²) in [5.41, 5.74) is 2.59. The van der Waals surface area contributed by atoms with Crippen molar-refractivity contribution in [2.75, 3.05) is 6.61 Å². The highest BCUT2D eigenvalue weighted by Crippen LogP contribution is 2.36. The first-order valence-corrected chi connectivity index (χ1v) is 11.0. The SMILES string of the molecule is C=C(C)[C@@H]1CCCC[C@H]1/C=C(\CO)C[Si](C)(C)C. The maximum atomic E-state index is 9.58. The molecule has 0 heterocycles. The summed E-state index contributed by atoms with van der Waals surface area (Å²) in [5.74, 6) is 1.26. The zero-order valence-corrected chi connectivity index (χ0v) is 13.6. The number of rotatable bonds is 5. The van der Waals surface area contributed by atoms with Crippen LogP contribution in [-0.2, 0) is 0 Å². The molecule has 18 heavy (non-hydrogen) atoms. The number of aliphatic hydroxyl groups excluding tert-OH is 1. The molecule has 1 fully saturated rings. The zero-order valence-electron chi connectivity index (χ0n) is 12.6. The molecule has 0 aliphatic heterocycles. The number of aliphatic hydroxyl groups is 1. The maximum Gasteiger partial charge on any atom is 0.0639 e. The van der Waals surface area contributed by atoms with Gasteiger partial charge in [-0.3, -0.25) is 0 Å². The van der Waals surface area contributed by atoms with Crippen molar-refractivity contribution in [1.82, 2.24) is 0 Å². The molecule has 1 N–H and O–H groups in total. The fourth-order valence-electron chi connectivity index (χ4n) is 3.12. The van der Waals surface area contributed by atoms with Gasteiger partial charge >= 0.3 is 0 Å². The van der Waals surface area contributed by atoms with Crippen LogP contribution in [0.15, 0.2) is 23.8 Å². The van der Waals surface area contributed by atoms with Crippen molar-refractivity contribution in [3.05, 3.63) is 23.8 Å². The van der Waals surface area contributed by atoms with E-state index in [9.17, 15) is 5.11 Å². The van der Waals surface area contributed by atoms with Gasteiger partial charge in [-0.25, -0.2) is 0 Å². The predicted molar refractivity (Wildman–Crippen MR) is 83.6 cm³/mol. The van der Waals surface area contributed by atoms with Crippen LogP contribution in [-0.4, -0.2) is 19.8 Å². The van der Waals surface area contributed by atoms with Gasteiger partial charge in [0.05, 0.1) is 6.61 Å². The summed E-state index contributed by atoms with van der Waals surface area (Å²) in [6.45, 7) is 13.7. The fraction of sp³-hybridized carbons (Fsp3) is 0.750. The van der Waals surface area contributed by atoms with Gasteiger partial charge in [-0.1, -0.05) is 56.3 Å². The van der Waals surface area contributed by atoms with Gasteiger partial charge in [0, 0.05) is 8.07 Å². The Morgan fingerprint density at radius 2 is 1.89 bits per heavy atom. The Kier molecular flexibility index (Phi) is 5.86. The molecule has 0 radical (unpaired) electrons. The van der Waals surface area contributed by atoms with Crippen molar-refractivity contribution in [2.24, 2.45) is 11.8 Å². The first-order valence-electron chi connectivity index (χ1n) is 7.29. The van der Waals surface area contributed by atoms with Crippen LogP contribution in [0.3, 0.4) is 0 Å². The Bertz CT molecular complexity index is 312. The number of hydrogen-bond donors (Lipinski definition) is 1. The van der Waals surface area contributed by atoms with Crippen LogP contribution in [0.4, 0.5) is 0 Å². The average molecular weight is 267 g/mol. The Labute approximate surface area is 114 Å². The Balaban J connectivity index is 2.78. The third-order valence-corrected chi connectivity index (χ3v) is 5.38. The number of allylic oxidation sites excluding steroid dienone is 2. The molecule has 0 bridgehead atoms. The van der Waals surface area contributed by atoms with Crippen LogP contribution in [0, 0.1) is 11.8 Å². The van der Waals surface area contributed by atoms with Gasteiger partial charge in [0.15, 0.2) is 0 Å². The molecule has 104 valence electrons. The van der Waals surface area contributed by atoms with Crippen LogP contribution < -0.4 is 0 Å². The highest BCUT2D eigenvalue weighted by atomic mass is 28.3. The van der Waals surface area contributed by atoms with Gasteiger partial charge in [0.25, 0.3) is 0 Å². The monoisotopic (exact) mass is 266 g/mol. The van der Waals surface area contributed by atoms with Crippen molar-refractivity contribution >= 4 is 8.07 Å². The predicted octanol–water partition coefficient (Wildman–Crippen LogP) is 4.63.